The van der Waals surface area contributed by atoms with Gasteiger partial charge in [-0.3, -0.25) is 4.79 Å². The number of anilines is 1. The van der Waals surface area contributed by atoms with Crippen LogP contribution in [-0.4, -0.2) is 50.5 Å². The Kier molecular flexibility index (Phi) is 4.59. The summed E-state index contributed by atoms with van der Waals surface area (Å²) in [6.07, 6.45) is 1.83. The number of hydrogen-bond acceptors (Lipinski definition) is 5. The number of aromatic nitrogens is 2. The van der Waals surface area contributed by atoms with Crippen LogP contribution in [0.1, 0.15) is 26.5 Å². The summed E-state index contributed by atoms with van der Waals surface area (Å²) in [6.45, 7) is 0.504. The zero-order valence-corrected chi connectivity index (χ0v) is 14.3. The van der Waals surface area contributed by atoms with Crippen LogP contribution in [0.2, 0.25) is 0 Å². The van der Waals surface area contributed by atoms with Gasteiger partial charge in [-0.25, -0.2) is 9.78 Å². The molecular weight excluding hydrogens is 336 g/mol. The normalized spacial score (nSPS) is 11.0. The average molecular weight is 354 g/mol. The SMILES string of the molecule is CN(C)Cc1c(C(=O)Nc2ccc(O)c(C(=O)O)c2)nc2ccccn12. The molecule has 0 unspecified atom stereocenters. The molecule has 1 aromatic carbocycles. The highest BCUT2D eigenvalue weighted by atomic mass is 16.4. The van der Waals surface area contributed by atoms with E-state index < -0.39 is 11.9 Å². The van der Waals surface area contributed by atoms with Gasteiger partial charge >= 0.3 is 5.97 Å². The van der Waals surface area contributed by atoms with Crippen molar-refractivity contribution in [1.29, 1.82) is 0 Å². The maximum atomic E-state index is 12.7. The quantitative estimate of drug-likeness (QED) is 0.606. The van der Waals surface area contributed by atoms with Crippen LogP contribution in [-0.2, 0) is 6.54 Å². The number of nitrogens with zero attached hydrogens (tertiary/aromatic N) is 3. The molecule has 1 amide bonds. The number of aromatic hydroxyl groups is 1. The van der Waals surface area contributed by atoms with Crippen LogP contribution >= 0.6 is 0 Å². The van der Waals surface area contributed by atoms with E-state index in [4.69, 9.17) is 5.11 Å². The lowest BCUT2D eigenvalue weighted by Gasteiger charge is -2.11. The van der Waals surface area contributed by atoms with Crippen molar-refractivity contribution in [3.05, 3.63) is 59.5 Å². The number of fused-ring (bicyclic) bond motifs is 1. The standard InChI is InChI=1S/C18H18N4O4/c1-21(2)10-13-16(20-15-5-3-4-8-22(13)15)17(24)19-11-6-7-14(23)12(9-11)18(25)26/h3-9,23H,10H2,1-2H3,(H,19,24)(H,25,26). The first-order chi connectivity index (χ1) is 12.4. The Morgan fingerprint density at radius 2 is 2.00 bits per heavy atom. The van der Waals surface area contributed by atoms with Gasteiger partial charge in [0.05, 0.1) is 5.69 Å². The van der Waals surface area contributed by atoms with Crippen molar-refractivity contribution >= 4 is 23.2 Å². The summed E-state index contributed by atoms with van der Waals surface area (Å²) in [5.41, 5.74) is 1.60. The summed E-state index contributed by atoms with van der Waals surface area (Å²) >= 11 is 0. The van der Waals surface area contributed by atoms with Crippen LogP contribution in [0.25, 0.3) is 5.65 Å². The fourth-order valence-corrected chi connectivity index (χ4v) is 2.65. The average Bonchev–Trinajstić information content (AvgIpc) is 2.94. The van der Waals surface area contributed by atoms with E-state index in [1.54, 1.807) is 6.07 Å². The number of carbonyl (C=O) groups excluding carboxylic acids is 1. The Hall–Kier alpha value is -3.39. The van der Waals surface area contributed by atoms with Crippen molar-refractivity contribution in [1.82, 2.24) is 14.3 Å². The molecule has 134 valence electrons. The second kappa shape index (κ2) is 6.85. The number of hydrogen-bond donors (Lipinski definition) is 3. The first-order valence-corrected chi connectivity index (χ1v) is 7.85. The third-order valence-electron chi connectivity index (χ3n) is 3.79. The van der Waals surface area contributed by atoms with Crippen LogP contribution in [0.3, 0.4) is 0 Å². The number of aromatic carboxylic acids is 1. The lowest BCUT2D eigenvalue weighted by Crippen LogP contribution is -2.19. The molecule has 2 heterocycles. The molecule has 0 aliphatic carbocycles. The van der Waals surface area contributed by atoms with Gasteiger partial charge in [-0.05, 0) is 44.4 Å². The number of imidazole rings is 1. The zero-order chi connectivity index (χ0) is 18.8. The van der Waals surface area contributed by atoms with E-state index >= 15 is 0 Å². The van der Waals surface area contributed by atoms with Gasteiger partial charge < -0.3 is 24.8 Å². The van der Waals surface area contributed by atoms with Crippen LogP contribution in [0.15, 0.2) is 42.6 Å². The minimum absolute atomic E-state index is 0.259. The summed E-state index contributed by atoms with van der Waals surface area (Å²) in [5, 5.41) is 21.3. The zero-order valence-electron chi connectivity index (χ0n) is 14.3. The van der Waals surface area contributed by atoms with Gasteiger partial charge in [-0.2, -0.15) is 0 Å². The summed E-state index contributed by atoms with van der Waals surface area (Å²) in [5.74, 6) is -2.09. The van der Waals surface area contributed by atoms with Crippen LogP contribution in [0, 0.1) is 0 Å². The minimum atomic E-state index is -1.28. The van der Waals surface area contributed by atoms with Gasteiger partial charge in [-0.15, -0.1) is 0 Å². The van der Waals surface area contributed by atoms with Crippen LogP contribution in [0.4, 0.5) is 5.69 Å². The molecule has 3 N–H and O–H groups in total. The maximum Gasteiger partial charge on any atom is 0.339 e. The first kappa shape index (κ1) is 17.4. The Labute approximate surface area is 149 Å². The first-order valence-electron chi connectivity index (χ1n) is 7.85. The predicted octanol–water partition coefficient (Wildman–Crippen LogP) is 2.05. The van der Waals surface area contributed by atoms with Gasteiger partial charge in [-0.1, -0.05) is 6.07 Å². The lowest BCUT2D eigenvalue weighted by molar-refractivity contribution is 0.0693. The Morgan fingerprint density at radius 3 is 2.69 bits per heavy atom. The monoisotopic (exact) mass is 354 g/mol. The molecule has 0 radical (unpaired) electrons. The minimum Gasteiger partial charge on any atom is -0.507 e. The molecule has 0 aliphatic heterocycles. The molecular formula is C18H18N4O4. The fraction of sp³-hybridized carbons (Fsp3) is 0.167. The van der Waals surface area contributed by atoms with E-state index in [1.165, 1.54) is 18.2 Å². The number of pyridine rings is 1. The van der Waals surface area contributed by atoms with E-state index in [0.717, 1.165) is 5.69 Å². The summed E-state index contributed by atoms with van der Waals surface area (Å²) in [6, 6.07) is 9.36. The summed E-state index contributed by atoms with van der Waals surface area (Å²) < 4.78 is 1.84. The van der Waals surface area contributed by atoms with E-state index in [-0.39, 0.29) is 22.7 Å². The Balaban J connectivity index is 1.98. The Bertz CT molecular complexity index is 994. The van der Waals surface area contributed by atoms with Crippen molar-refractivity contribution in [2.24, 2.45) is 0 Å². The number of carboxylic acid groups (broad SMARTS) is 1. The highest BCUT2D eigenvalue weighted by Crippen LogP contribution is 2.22. The van der Waals surface area contributed by atoms with E-state index in [1.807, 2.05) is 41.7 Å². The number of carboxylic acids is 1. The second-order valence-electron chi connectivity index (χ2n) is 6.06. The maximum absolute atomic E-state index is 12.7. The molecule has 0 saturated carbocycles. The molecule has 0 fully saturated rings. The lowest BCUT2D eigenvalue weighted by atomic mass is 10.1. The molecule has 8 heteroatoms. The van der Waals surface area contributed by atoms with Gasteiger partial charge in [0.25, 0.3) is 5.91 Å². The molecule has 3 rings (SSSR count). The molecule has 0 bridgehead atoms. The van der Waals surface area contributed by atoms with Crippen LogP contribution < -0.4 is 5.32 Å². The molecule has 3 aromatic rings. The predicted molar refractivity (Wildman–Crippen MR) is 95.6 cm³/mol. The smallest absolute Gasteiger partial charge is 0.339 e. The molecule has 8 nitrogen and oxygen atoms in total. The van der Waals surface area contributed by atoms with E-state index in [2.05, 4.69) is 10.3 Å². The van der Waals surface area contributed by atoms with Gasteiger partial charge in [0.2, 0.25) is 0 Å². The topological polar surface area (TPSA) is 107 Å². The van der Waals surface area contributed by atoms with Gasteiger partial charge in [0, 0.05) is 18.4 Å². The van der Waals surface area contributed by atoms with Crippen molar-refractivity contribution in [3.8, 4) is 5.75 Å². The molecule has 0 spiro atoms. The van der Waals surface area contributed by atoms with Crippen LogP contribution in [0.5, 0.6) is 5.75 Å². The van der Waals surface area contributed by atoms with Gasteiger partial charge in [0.15, 0.2) is 5.69 Å². The van der Waals surface area contributed by atoms with Gasteiger partial charge in [0.1, 0.15) is 17.0 Å². The number of carbonyl (C=O) groups is 2. The summed E-state index contributed by atoms with van der Waals surface area (Å²) in [7, 11) is 3.78. The number of nitrogens with one attached hydrogen (secondary N) is 1. The highest BCUT2D eigenvalue weighted by molar-refractivity contribution is 6.05. The number of benzene rings is 1. The highest BCUT2D eigenvalue weighted by Gasteiger charge is 2.20. The molecule has 0 atom stereocenters. The fourth-order valence-electron chi connectivity index (χ4n) is 2.65. The van der Waals surface area contributed by atoms with Crippen molar-refractivity contribution < 1.29 is 19.8 Å². The van der Waals surface area contributed by atoms with Crippen molar-refractivity contribution in [3.63, 3.8) is 0 Å². The summed E-state index contributed by atoms with van der Waals surface area (Å²) in [4.78, 5) is 30.2. The van der Waals surface area contributed by atoms with E-state index in [9.17, 15) is 14.7 Å². The second-order valence-corrected chi connectivity index (χ2v) is 6.06. The number of phenols is 1. The number of rotatable bonds is 5. The largest absolute Gasteiger partial charge is 0.507 e. The molecule has 0 saturated heterocycles. The molecule has 2 aromatic heterocycles. The van der Waals surface area contributed by atoms with E-state index in [0.29, 0.717) is 12.2 Å². The Morgan fingerprint density at radius 1 is 1.23 bits per heavy atom. The number of amides is 1. The third kappa shape index (κ3) is 3.35. The molecule has 26 heavy (non-hydrogen) atoms. The third-order valence-corrected chi connectivity index (χ3v) is 3.79. The van der Waals surface area contributed by atoms with Crippen molar-refractivity contribution in [2.75, 3.05) is 19.4 Å². The molecule has 0 aliphatic rings. The van der Waals surface area contributed by atoms with Crippen molar-refractivity contribution in [2.45, 2.75) is 6.54 Å².